The van der Waals surface area contributed by atoms with E-state index in [2.05, 4.69) is 72.2 Å². The molecule has 0 saturated carbocycles. The molecule has 1 amide bonds. The molecule has 3 aromatic carbocycles. The van der Waals surface area contributed by atoms with E-state index in [4.69, 9.17) is 9.84 Å². The van der Waals surface area contributed by atoms with E-state index in [9.17, 15) is 4.79 Å². The molecule has 0 radical (unpaired) electrons. The van der Waals surface area contributed by atoms with Crippen LogP contribution in [0.15, 0.2) is 77.9 Å². The van der Waals surface area contributed by atoms with Gasteiger partial charge in [-0.15, -0.1) is 0 Å². The number of ether oxygens (including phenoxy) is 1. The van der Waals surface area contributed by atoms with Crippen LogP contribution in [0.1, 0.15) is 40.3 Å². The summed E-state index contributed by atoms with van der Waals surface area (Å²) in [5.41, 5.74) is 6.89. The molecule has 1 fully saturated rings. The lowest BCUT2D eigenvalue weighted by atomic mass is 9.95. The minimum absolute atomic E-state index is 0.0534. The van der Waals surface area contributed by atoms with E-state index in [-0.39, 0.29) is 11.9 Å². The van der Waals surface area contributed by atoms with Crippen LogP contribution >= 0.6 is 0 Å². The zero-order chi connectivity index (χ0) is 25.8. The highest BCUT2D eigenvalue weighted by Crippen LogP contribution is 2.34. The minimum atomic E-state index is -0.118. The van der Waals surface area contributed by atoms with Crippen molar-refractivity contribution < 1.29 is 9.53 Å². The van der Waals surface area contributed by atoms with Gasteiger partial charge in [0.05, 0.1) is 25.4 Å². The van der Waals surface area contributed by atoms with Gasteiger partial charge in [0.1, 0.15) is 5.75 Å². The second-order valence-corrected chi connectivity index (χ2v) is 10.1. The van der Waals surface area contributed by atoms with Crippen LogP contribution in [0.4, 0.5) is 0 Å². The van der Waals surface area contributed by atoms with Crippen molar-refractivity contribution in [3.63, 3.8) is 0 Å². The number of carbonyl (C=O) groups is 1. The average molecular weight is 497 g/mol. The molecule has 0 spiro atoms. The number of nitrogens with zero attached hydrogens (tertiary/aromatic N) is 4. The van der Waals surface area contributed by atoms with Gasteiger partial charge in [0.25, 0.3) is 5.91 Å². The first-order valence-electron chi connectivity index (χ1n) is 13.1. The third-order valence-electron chi connectivity index (χ3n) is 7.44. The molecule has 6 heteroatoms. The lowest BCUT2D eigenvalue weighted by Gasteiger charge is -2.35. The maximum atomic E-state index is 13.7. The lowest BCUT2D eigenvalue weighted by Crippen LogP contribution is -2.49. The highest BCUT2D eigenvalue weighted by Gasteiger charge is 2.34. The number of hydrogen-bond acceptors (Lipinski definition) is 5. The van der Waals surface area contributed by atoms with Crippen molar-refractivity contribution in [1.82, 2.24) is 14.8 Å². The summed E-state index contributed by atoms with van der Waals surface area (Å²) in [7, 11) is 1.67. The minimum Gasteiger partial charge on any atom is -0.497 e. The van der Waals surface area contributed by atoms with Crippen molar-refractivity contribution in [2.24, 2.45) is 5.10 Å². The molecule has 192 valence electrons. The fourth-order valence-electron chi connectivity index (χ4n) is 5.25. The van der Waals surface area contributed by atoms with E-state index in [1.54, 1.807) is 12.1 Å². The van der Waals surface area contributed by atoms with Crippen LogP contribution < -0.4 is 4.74 Å². The molecular weight excluding hydrogens is 460 g/mol. The van der Waals surface area contributed by atoms with Gasteiger partial charge in [0.15, 0.2) is 0 Å². The Bertz CT molecular complexity index is 1250. The van der Waals surface area contributed by atoms with E-state index in [1.807, 2.05) is 24.3 Å². The summed E-state index contributed by atoms with van der Waals surface area (Å²) < 4.78 is 5.35. The topological polar surface area (TPSA) is 48.4 Å². The van der Waals surface area contributed by atoms with Gasteiger partial charge in [-0.25, -0.2) is 5.01 Å². The number of benzene rings is 3. The normalized spacial score (nSPS) is 18.6. The molecule has 1 saturated heterocycles. The van der Waals surface area contributed by atoms with Crippen LogP contribution in [0.5, 0.6) is 5.75 Å². The van der Waals surface area contributed by atoms with E-state index in [0.29, 0.717) is 13.0 Å². The molecule has 0 unspecified atom stereocenters. The van der Waals surface area contributed by atoms with Crippen molar-refractivity contribution >= 4 is 11.6 Å². The fraction of sp³-hybridized carbons (Fsp3) is 0.355. The first kappa shape index (κ1) is 25.2. The molecule has 5 rings (SSSR count). The highest BCUT2D eigenvalue weighted by molar-refractivity contribution is 6.04. The largest absolute Gasteiger partial charge is 0.497 e. The van der Waals surface area contributed by atoms with Crippen molar-refractivity contribution in [1.29, 1.82) is 0 Å². The predicted octanol–water partition coefficient (Wildman–Crippen LogP) is 4.81. The van der Waals surface area contributed by atoms with Crippen LogP contribution in [0.25, 0.3) is 0 Å². The van der Waals surface area contributed by atoms with Crippen molar-refractivity contribution in [2.75, 3.05) is 39.8 Å². The second-order valence-electron chi connectivity index (χ2n) is 10.1. The number of hydrogen-bond donors (Lipinski definition) is 0. The maximum Gasteiger partial charge on any atom is 0.257 e. The number of methoxy groups -OCH3 is 1. The molecular formula is C31H36N4O2. The summed E-state index contributed by atoms with van der Waals surface area (Å²) in [6.07, 6.45) is 0.702. The Morgan fingerprint density at radius 3 is 2.32 bits per heavy atom. The standard InChI is InChI=1S/C31H36N4O2/c1-23-9-10-24(2)28(19-23)29-20-30(26-11-13-27(37-3)14-12-26)35(32-29)31(36)22-34-17-15-33(16-18-34)21-25-7-5-4-6-8-25/h4-14,19,30H,15-18,20-22H2,1-3H3/t30-/m0/s1. The van der Waals surface area contributed by atoms with Gasteiger partial charge in [-0.3, -0.25) is 14.6 Å². The van der Waals surface area contributed by atoms with E-state index < -0.39 is 0 Å². The summed E-state index contributed by atoms with van der Waals surface area (Å²) in [5, 5.41) is 6.66. The smallest absolute Gasteiger partial charge is 0.257 e. The number of aryl methyl sites for hydroxylation is 2. The SMILES string of the molecule is COc1ccc([C@@H]2CC(c3cc(C)ccc3C)=NN2C(=O)CN2CCN(Cc3ccccc3)CC2)cc1. The first-order chi connectivity index (χ1) is 18.0. The Balaban J connectivity index is 1.30. The van der Waals surface area contributed by atoms with Crippen LogP contribution in [0.2, 0.25) is 0 Å². The predicted molar refractivity (Wildman–Crippen MR) is 148 cm³/mol. The zero-order valence-corrected chi connectivity index (χ0v) is 22.1. The molecule has 2 heterocycles. The monoisotopic (exact) mass is 496 g/mol. The Kier molecular flexibility index (Phi) is 7.68. The van der Waals surface area contributed by atoms with Crippen molar-refractivity contribution in [2.45, 2.75) is 32.9 Å². The molecule has 0 aliphatic carbocycles. The van der Waals surface area contributed by atoms with Crippen LogP contribution in [-0.2, 0) is 11.3 Å². The van der Waals surface area contributed by atoms with Crippen molar-refractivity contribution in [3.8, 4) is 5.75 Å². The summed E-state index contributed by atoms with van der Waals surface area (Å²) >= 11 is 0. The summed E-state index contributed by atoms with van der Waals surface area (Å²) in [6, 6.07) is 24.9. The van der Waals surface area contributed by atoms with E-state index >= 15 is 0 Å². The lowest BCUT2D eigenvalue weighted by molar-refractivity contribution is -0.134. The summed E-state index contributed by atoms with van der Waals surface area (Å²) in [4.78, 5) is 18.4. The number of rotatable bonds is 7. The first-order valence-corrected chi connectivity index (χ1v) is 13.1. The van der Waals surface area contributed by atoms with Crippen LogP contribution in [0.3, 0.4) is 0 Å². The third-order valence-corrected chi connectivity index (χ3v) is 7.44. The van der Waals surface area contributed by atoms with Gasteiger partial charge < -0.3 is 4.74 Å². The summed E-state index contributed by atoms with van der Waals surface area (Å²) in [5.74, 6) is 0.862. The fourth-order valence-corrected chi connectivity index (χ4v) is 5.25. The highest BCUT2D eigenvalue weighted by atomic mass is 16.5. The Hall–Kier alpha value is -3.48. The van der Waals surface area contributed by atoms with E-state index in [0.717, 1.165) is 55.3 Å². The zero-order valence-electron chi connectivity index (χ0n) is 22.1. The summed E-state index contributed by atoms with van der Waals surface area (Å²) in [6.45, 7) is 9.23. The Labute approximate surface area is 220 Å². The molecule has 0 aromatic heterocycles. The van der Waals surface area contributed by atoms with Crippen LogP contribution in [0, 0.1) is 13.8 Å². The Morgan fingerprint density at radius 1 is 0.919 bits per heavy atom. The quantitative estimate of drug-likeness (QED) is 0.471. The number of piperazine rings is 1. The van der Waals surface area contributed by atoms with Crippen LogP contribution in [-0.4, -0.2) is 66.3 Å². The van der Waals surface area contributed by atoms with Gasteiger partial charge in [0, 0.05) is 44.7 Å². The average Bonchev–Trinajstić information content (AvgIpc) is 3.37. The molecule has 2 aliphatic heterocycles. The van der Waals surface area contributed by atoms with Gasteiger partial charge in [-0.05, 0) is 48.7 Å². The molecule has 6 nitrogen and oxygen atoms in total. The molecule has 3 aromatic rings. The van der Waals surface area contributed by atoms with Crippen molar-refractivity contribution in [3.05, 3.63) is 101 Å². The number of amides is 1. The van der Waals surface area contributed by atoms with Gasteiger partial charge >= 0.3 is 0 Å². The Morgan fingerprint density at radius 2 is 1.62 bits per heavy atom. The second kappa shape index (κ2) is 11.3. The molecule has 37 heavy (non-hydrogen) atoms. The molecule has 0 N–H and O–H groups in total. The number of hydrazone groups is 1. The maximum absolute atomic E-state index is 13.7. The van der Waals surface area contributed by atoms with E-state index in [1.165, 1.54) is 16.7 Å². The van der Waals surface area contributed by atoms with Gasteiger partial charge in [-0.1, -0.05) is 60.2 Å². The number of carbonyl (C=O) groups excluding carboxylic acids is 1. The molecule has 2 aliphatic rings. The molecule has 1 atom stereocenters. The molecule has 0 bridgehead atoms. The third kappa shape index (κ3) is 5.92. The van der Waals surface area contributed by atoms with Gasteiger partial charge in [0.2, 0.25) is 0 Å². The van der Waals surface area contributed by atoms with Gasteiger partial charge in [-0.2, -0.15) is 5.10 Å².